The standard InChI is InChI=1S/C20H22N4OS/c1-14-3-5-15(6-4-14)18-13-17(22-23(18)2)20(25)24-10-7-16(8-11-24)19-21-9-12-26-19/h3-6,9,12-13,16H,7-8,10-11H2,1-2H3. The Morgan fingerprint density at radius 3 is 2.58 bits per heavy atom. The first-order valence-electron chi connectivity index (χ1n) is 8.91. The van der Waals surface area contributed by atoms with E-state index < -0.39 is 0 Å². The van der Waals surface area contributed by atoms with Crippen molar-refractivity contribution in [3.05, 3.63) is 58.2 Å². The van der Waals surface area contributed by atoms with Crippen LogP contribution in [0.5, 0.6) is 0 Å². The summed E-state index contributed by atoms with van der Waals surface area (Å²) in [4.78, 5) is 19.2. The summed E-state index contributed by atoms with van der Waals surface area (Å²) >= 11 is 1.71. The van der Waals surface area contributed by atoms with Crippen molar-refractivity contribution in [2.45, 2.75) is 25.7 Å². The Labute approximate surface area is 157 Å². The Balaban J connectivity index is 1.47. The largest absolute Gasteiger partial charge is 0.337 e. The van der Waals surface area contributed by atoms with Crippen LogP contribution in [-0.4, -0.2) is 38.7 Å². The summed E-state index contributed by atoms with van der Waals surface area (Å²) in [5.74, 6) is 0.502. The molecule has 3 heterocycles. The van der Waals surface area contributed by atoms with E-state index in [0.29, 0.717) is 11.6 Å². The van der Waals surface area contributed by atoms with Crippen LogP contribution in [0.4, 0.5) is 0 Å². The zero-order chi connectivity index (χ0) is 18.1. The second kappa shape index (κ2) is 7.03. The Morgan fingerprint density at radius 2 is 1.92 bits per heavy atom. The maximum atomic E-state index is 12.9. The van der Waals surface area contributed by atoms with Crippen molar-refractivity contribution in [1.82, 2.24) is 19.7 Å². The summed E-state index contributed by atoms with van der Waals surface area (Å²) in [5, 5.41) is 7.68. The summed E-state index contributed by atoms with van der Waals surface area (Å²) in [6, 6.07) is 10.2. The van der Waals surface area contributed by atoms with Crippen LogP contribution in [0.25, 0.3) is 11.3 Å². The Kier molecular flexibility index (Phi) is 4.59. The van der Waals surface area contributed by atoms with Crippen LogP contribution in [0.2, 0.25) is 0 Å². The highest BCUT2D eigenvalue weighted by atomic mass is 32.1. The molecule has 1 aromatic carbocycles. The number of benzene rings is 1. The average Bonchev–Trinajstić information content (AvgIpc) is 3.32. The molecular weight excluding hydrogens is 344 g/mol. The van der Waals surface area contributed by atoms with Crippen LogP contribution in [0, 0.1) is 6.92 Å². The van der Waals surface area contributed by atoms with Crippen molar-refractivity contribution < 1.29 is 4.79 Å². The molecular formula is C20H22N4OS. The van der Waals surface area contributed by atoms with Gasteiger partial charge >= 0.3 is 0 Å². The first kappa shape index (κ1) is 17.0. The van der Waals surface area contributed by atoms with Gasteiger partial charge in [0.2, 0.25) is 0 Å². The molecule has 4 rings (SSSR count). The van der Waals surface area contributed by atoms with E-state index in [1.165, 1.54) is 10.6 Å². The monoisotopic (exact) mass is 366 g/mol. The van der Waals surface area contributed by atoms with Gasteiger partial charge in [0.05, 0.1) is 10.7 Å². The number of amides is 1. The van der Waals surface area contributed by atoms with Gasteiger partial charge in [-0.15, -0.1) is 11.3 Å². The van der Waals surface area contributed by atoms with Crippen LogP contribution >= 0.6 is 11.3 Å². The van der Waals surface area contributed by atoms with Gasteiger partial charge < -0.3 is 4.90 Å². The van der Waals surface area contributed by atoms with Crippen molar-refractivity contribution in [2.24, 2.45) is 7.05 Å². The fourth-order valence-corrected chi connectivity index (χ4v) is 4.30. The number of thiazole rings is 1. The first-order chi connectivity index (χ1) is 12.6. The minimum atomic E-state index is 0.0246. The summed E-state index contributed by atoms with van der Waals surface area (Å²) in [6.45, 7) is 3.59. The number of carbonyl (C=O) groups is 1. The molecule has 0 saturated carbocycles. The maximum Gasteiger partial charge on any atom is 0.274 e. The van der Waals surface area contributed by atoms with Crippen molar-refractivity contribution in [1.29, 1.82) is 0 Å². The number of likely N-dealkylation sites (tertiary alicyclic amines) is 1. The highest BCUT2D eigenvalue weighted by Gasteiger charge is 2.27. The van der Waals surface area contributed by atoms with Gasteiger partial charge in [-0.2, -0.15) is 5.10 Å². The third-order valence-electron chi connectivity index (χ3n) is 5.03. The van der Waals surface area contributed by atoms with Gasteiger partial charge in [0.1, 0.15) is 0 Å². The van der Waals surface area contributed by atoms with Gasteiger partial charge in [-0.05, 0) is 31.4 Å². The lowest BCUT2D eigenvalue weighted by Gasteiger charge is -2.30. The average molecular weight is 366 g/mol. The van der Waals surface area contributed by atoms with Gasteiger partial charge in [-0.25, -0.2) is 4.98 Å². The van der Waals surface area contributed by atoms with Crippen LogP contribution in [0.15, 0.2) is 41.9 Å². The second-order valence-corrected chi connectivity index (χ2v) is 7.77. The van der Waals surface area contributed by atoms with Crippen LogP contribution < -0.4 is 0 Å². The molecule has 6 heteroatoms. The molecule has 0 spiro atoms. The highest BCUT2D eigenvalue weighted by molar-refractivity contribution is 7.09. The van der Waals surface area contributed by atoms with Crippen molar-refractivity contribution in [3.8, 4) is 11.3 Å². The number of carbonyl (C=O) groups excluding carboxylic acids is 1. The Bertz CT molecular complexity index is 891. The van der Waals surface area contributed by atoms with Crippen LogP contribution in [-0.2, 0) is 7.05 Å². The quantitative estimate of drug-likeness (QED) is 0.707. The van der Waals surface area contributed by atoms with E-state index in [4.69, 9.17) is 0 Å². The van der Waals surface area contributed by atoms with E-state index in [2.05, 4.69) is 41.3 Å². The summed E-state index contributed by atoms with van der Waals surface area (Å²) in [5.41, 5.74) is 3.78. The molecule has 1 aliphatic heterocycles. The number of aryl methyl sites for hydroxylation is 2. The third kappa shape index (κ3) is 3.29. The molecule has 0 unspecified atom stereocenters. The van der Waals surface area contributed by atoms with Crippen molar-refractivity contribution in [3.63, 3.8) is 0 Å². The molecule has 2 aromatic heterocycles. The molecule has 26 heavy (non-hydrogen) atoms. The number of hydrogen-bond donors (Lipinski definition) is 0. The zero-order valence-corrected chi connectivity index (χ0v) is 15.9. The van der Waals surface area contributed by atoms with Gasteiger partial charge in [0, 0.05) is 37.6 Å². The fourth-order valence-electron chi connectivity index (χ4n) is 3.49. The Morgan fingerprint density at radius 1 is 1.19 bits per heavy atom. The third-order valence-corrected chi connectivity index (χ3v) is 5.97. The molecule has 1 saturated heterocycles. The highest BCUT2D eigenvalue weighted by Crippen LogP contribution is 2.30. The van der Waals surface area contributed by atoms with E-state index in [-0.39, 0.29) is 5.91 Å². The van der Waals surface area contributed by atoms with E-state index in [0.717, 1.165) is 37.2 Å². The predicted molar refractivity (Wildman–Crippen MR) is 103 cm³/mol. The Hall–Kier alpha value is -2.47. The van der Waals surface area contributed by atoms with Gasteiger partial charge in [-0.1, -0.05) is 29.8 Å². The maximum absolute atomic E-state index is 12.9. The minimum absolute atomic E-state index is 0.0246. The predicted octanol–water partition coefficient (Wildman–Crippen LogP) is 3.87. The van der Waals surface area contributed by atoms with E-state index in [9.17, 15) is 4.79 Å². The molecule has 0 atom stereocenters. The lowest BCUT2D eigenvalue weighted by Crippen LogP contribution is -2.38. The molecule has 0 radical (unpaired) electrons. The first-order valence-corrected chi connectivity index (χ1v) is 9.79. The molecule has 1 aliphatic rings. The lowest BCUT2D eigenvalue weighted by molar-refractivity contribution is 0.0706. The molecule has 0 bridgehead atoms. The summed E-state index contributed by atoms with van der Waals surface area (Å²) in [6.07, 6.45) is 3.80. The van der Waals surface area contributed by atoms with E-state index >= 15 is 0 Å². The molecule has 5 nitrogen and oxygen atoms in total. The molecule has 134 valence electrons. The molecule has 1 amide bonds. The number of rotatable bonds is 3. The molecule has 3 aromatic rings. The topological polar surface area (TPSA) is 51.0 Å². The smallest absolute Gasteiger partial charge is 0.274 e. The van der Waals surface area contributed by atoms with Gasteiger partial charge in [0.25, 0.3) is 5.91 Å². The van der Waals surface area contributed by atoms with E-state index in [1.54, 1.807) is 16.0 Å². The number of piperidine rings is 1. The fraction of sp³-hybridized carbons (Fsp3) is 0.350. The number of nitrogens with zero attached hydrogens (tertiary/aromatic N) is 4. The molecule has 0 aliphatic carbocycles. The lowest BCUT2D eigenvalue weighted by atomic mass is 9.97. The SMILES string of the molecule is Cc1ccc(-c2cc(C(=O)N3CCC(c4nccs4)CC3)nn2C)cc1. The van der Waals surface area contributed by atoms with Gasteiger partial charge in [0.15, 0.2) is 5.69 Å². The summed E-state index contributed by atoms with van der Waals surface area (Å²) < 4.78 is 1.79. The minimum Gasteiger partial charge on any atom is -0.337 e. The normalized spacial score (nSPS) is 15.4. The second-order valence-electron chi connectivity index (χ2n) is 6.84. The van der Waals surface area contributed by atoms with Crippen molar-refractivity contribution >= 4 is 17.2 Å². The van der Waals surface area contributed by atoms with Crippen LogP contribution in [0.1, 0.15) is 39.8 Å². The molecule has 0 N–H and O–H groups in total. The zero-order valence-electron chi connectivity index (χ0n) is 15.1. The van der Waals surface area contributed by atoms with E-state index in [1.807, 2.05) is 29.6 Å². The van der Waals surface area contributed by atoms with Crippen molar-refractivity contribution in [2.75, 3.05) is 13.1 Å². The number of aromatic nitrogens is 3. The molecule has 1 fully saturated rings. The summed E-state index contributed by atoms with van der Waals surface area (Å²) in [7, 11) is 1.89. The van der Waals surface area contributed by atoms with Crippen LogP contribution in [0.3, 0.4) is 0 Å². The number of hydrogen-bond acceptors (Lipinski definition) is 4. The van der Waals surface area contributed by atoms with Gasteiger partial charge in [-0.3, -0.25) is 9.48 Å².